The Labute approximate surface area is 108 Å². The molecule has 1 N–H and O–H groups in total. The SMILES string of the molecule is CNCCc1ccccc1OC1CCSCC1. The predicted octanol–water partition coefficient (Wildman–Crippen LogP) is 2.72. The zero-order valence-corrected chi connectivity index (χ0v) is 11.3. The summed E-state index contributed by atoms with van der Waals surface area (Å²) in [6, 6.07) is 8.43. The van der Waals surface area contributed by atoms with Crippen molar-refractivity contribution in [3.8, 4) is 5.75 Å². The Hall–Kier alpha value is -0.670. The normalized spacial score (nSPS) is 17.0. The van der Waals surface area contributed by atoms with E-state index in [0.717, 1.165) is 18.7 Å². The van der Waals surface area contributed by atoms with Gasteiger partial charge in [-0.05, 0) is 56.0 Å². The van der Waals surface area contributed by atoms with E-state index < -0.39 is 0 Å². The lowest BCUT2D eigenvalue weighted by molar-refractivity contribution is 0.190. The van der Waals surface area contributed by atoms with Crippen molar-refractivity contribution in [1.82, 2.24) is 5.32 Å². The second-order valence-electron chi connectivity index (χ2n) is 4.39. The van der Waals surface area contributed by atoms with Crippen molar-refractivity contribution in [3.05, 3.63) is 29.8 Å². The second-order valence-corrected chi connectivity index (χ2v) is 5.62. The predicted molar refractivity (Wildman–Crippen MR) is 75.0 cm³/mol. The molecule has 1 aliphatic rings. The van der Waals surface area contributed by atoms with E-state index in [9.17, 15) is 0 Å². The number of rotatable bonds is 5. The first-order valence-corrected chi connectivity index (χ1v) is 7.52. The number of benzene rings is 1. The highest BCUT2D eigenvalue weighted by Gasteiger charge is 2.16. The summed E-state index contributed by atoms with van der Waals surface area (Å²) in [6.45, 7) is 1.00. The lowest BCUT2D eigenvalue weighted by Crippen LogP contribution is -2.23. The van der Waals surface area contributed by atoms with Crippen LogP contribution in [0.15, 0.2) is 24.3 Å². The number of ether oxygens (including phenoxy) is 1. The minimum Gasteiger partial charge on any atom is -0.490 e. The summed E-state index contributed by atoms with van der Waals surface area (Å²) in [5.41, 5.74) is 1.32. The number of hydrogen-bond acceptors (Lipinski definition) is 3. The van der Waals surface area contributed by atoms with E-state index >= 15 is 0 Å². The number of para-hydroxylation sites is 1. The molecule has 0 unspecified atom stereocenters. The van der Waals surface area contributed by atoms with Crippen LogP contribution in [0.4, 0.5) is 0 Å². The summed E-state index contributed by atoms with van der Waals surface area (Å²) in [6.07, 6.45) is 3.83. The number of likely N-dealkylation sites (N-methyl/N-ethyl adjacent to an activating group) is 1. The van der Waals surface area contributed by atoms with Crippen LogP contribution in [-0.2, 0) is 6.42 Å². The maximum absolute atomic E-state index is 6.14. The van der Waals surface area contributed by atoms with Gasteiger partial charge in [-0.15, -0.1) is 0 Å². The zero-order valence-electron chi connectivity index (χ0n) is 10.4. The highest BCUT2D eigenvalue weighted by atomic mass is 32.2. The molecule has 1 heterocycles. The van der Waals surface area contributed by atoms with Crippen LogP contribution in [0.3, 0.4) is 0 Å². The molecule has 2 nitrogen and oxygen atoms in total. The molecular weight excluding hydrogens is 230 g/mol. The van der Waals surface area contributed by atoms with Crippen LogP contribution in [0.1, 0.15) is 18.4 Å². The molecule has 3 heteroatoms. The minimum atomic E-state index is 0.423. The lowest BCUT2D eigenvalue weighted by Gasteiger charge is -2.24. The Bertz CT molecular complexity index is 337. The molecule has 0 atom stereocenters. The molecule has 0 saturated carbocycles. The quantitative estimate of drug-likeness (QED) is 0.869. The van der Waals surface area contributed by atoms with Gasteiger partial charge in [0.2, 0.25) is 0 Å². The maximum atomic E-state index is 6.14. The summed E-state index contributed by atoms with van der Waals surface area (Å²) >= 11 is 2.04. The van der Waals surface area contributed by atoms with Crippen LogP contribution in [0.5, 0.6) is 5.75 Å². The molecule has 1 aliphatic heterocycles. The molecule has 94 valence electrons. The summed E-state index contributed by atoms with van der Waals surface area (Å²) in [5, 5.41) is 3.19. The van der Waals surface area contributed by atoms with Crippen molar-refractivity contribution in [2.75, 3.05) is 25.1 Å². The van der Waals surface area contributed by atoms with Gasteiger partial charge < -0.3 is 10.1 Å². The largest absolute Gasteiger partial charge is 0.490 e. The van der Waals surface area contributed by atoms with Crippen LogP contribution >= 0.6 is 11.8 Å². The van der Waals surface area contributed by atoms with Crippen LogP contribution in [0.25, 0.3) is 0 Å². The fraction of sp³-hybridized carbons (Fsp3) is 0.571. The molecule has 0 bridgehead atoms. The van der Waals surface area contributed by atoms with E-state index in [2.05, 4.69) is 29.6 Å². The summed E-state index contributed by atoms with van der Waals surface area (Å²) in [7, 11) is 1.99. The molecule has 1 fully saturated rings. The fourth-order valence-electron chi connectivity index (χ4n) is 2.06. The highest BCUT2D eigenvalue weighted by molar-refractivity contribution is 7.99. The number of hydrogen-bond donors (Lipinski definition) is 1. The Morgan fingerprint density at radius 1 is 1.29 bits per heavy atom. The third-order valence-electron chi connectivity index (χ3n) is 3.08. The average molecular weight is 251 g/mol. The Morgan fingerprint density at radius 3 is 2.82 bits per heavy atom. The van der Waals surface area contributed by atoms with Gasteiger partial charge in [-0.2, -0.15) is 11.8 Å². The smallest absolute Gasteiger partial charge is 0.122 e. The van der Waals surface area contributed by atoms with Gasteiger partial charge in [0.1, 0.15) is 11.9 Å². The zero-order chi connectivity index (χ0) is 11.9. The van der Waals surface area contributed by atoms with E-state index in [0.29, 0.717) is 6.10 Å². The third-order valence-corrected chi connectivity index (χ3v) is 4.13. The first-order valence-electron chi connectivity index (χ1n) is 6.37. The Balaban J connectivity index is 1.98. The topological polar surface area (TPSA) is 21.3 Å². The monoisotopic (exact) mass is 251 g/mol. The molecule has 0 spiro atoms. The van der Waals surface area contributed by atoms with Gasteiger partial charge in [0.15, 0.2) is 0 Å². The van der Waals surface area contributed by atoms with Crippen molar-refractivity contribution >= 4 is 11.8 Å². The van der Waals surface area contributed by atoms with Gasteiger partial charge in [0.25, 0.3) is 0 Å². The van der Waals surface area contributed by atoms with Crippen LogP contribution < -0.4 is 10.1 Å². The summed E-state index contributed by atoms with van der Waals surface area (Å²) in [5.74, 6) is 3.56. The fourth-order valence-corrected chi connectivity index (χ4v) is 3.12. The summed E-state index contributed by atoms with van der Waals surface area (Å²) in [4.78, 5) is 0. The Kier molecular flexibility index (Phi) is 5.20. The minimum absolute atomic E-state index is 0.423. The van der Waals surface area contributed by atoms with Crippen molar-refractivity contribution in [2.45, 2.75) is 25.4 Å². The van der Waals surface area contributed by atoms with Gasteiger partial charge in [-0.25, -0.2) is 0 Å². The molecule has 1 saturated heterocycles. The van der Waals surface area contributed by atoms with E-state index in [1.807, 2.05) is 18.8 Å². The van der Waals surface area contributed by atoms with E-state index in [4.69, 9.17) is 4.74 Å². The highest BCUT2D eigenvalue weighted by Crippen LogP contribution is 2.25. The van der Waals surface area contributed by atoms with Gasteiger partial charge in [0, 0.05) is 0 Å². The van der Waals surface area contributed by atoms with Crippen LogP contribution in [0.2, 0.25) is 0 Å². The summed E-state index contributed by atoms with van der Waals surface area (Å²) < 4.78 is 6.14. The lowest BCUT2D eigenvalue weighted by atomic mass is 10.1. The number of nitrogens with one attached hydrogen (secondary N) is 1. The number of thioether (sulfide) groups is 1. The standard InChI is InChI=1S/C14H21NOS/c1-15-9-6-12-4-2-3-5-14(12)16-13-7-10-17-11-8-13/h2-5,13,15H,6-11H2,1H3. The van der Waals surface area contributed by atoms with Crippen molar-refractivity contribution < 1.29 is 4.74 Å². The van der Waals surface area contributed by atoms with Crippen LogP contribution in [-0.4, -0.2) is 31.2 Å². The van der Waals surface area contributed by atoms with Crippen molar-refractivity contribution in [2.24, 2.45) is 0 Å². The molecular formula is C14H21NOS. The first kappa shape index (κ1) is 12.8. The van der Waals surface area contributed by atoms with E-state index in [-0.39, 0.29) is 0 Å². The van der Waals surface area contributed by atoms with Crippen molar-refractivity contribution in [3.63, 3.8) is 0 Å². The van der Waals surface area contributed by atoms with E-state index in [1.165, 1.54) is 29.9 Å². The van der Waals surface area contributed by atoms with Gasteiger partial charge in [0.05, 0.1) is 0 Å². The first-order chi connectivity index (χ1) is 8.40. The molecule has 1 aromatic carbocycles. The molecule has 0 amide bonds. The van der Waals surface area contributed by atoms with Gasteiger partial charge >= 0.3 is 0 Å². The molecule has 17 heavy (non-hydrogen) atoms. The molecule has 0 aliphatic carbocycles. The van der Waals surface area contributed by atoms with Gasteiger partial charge in [-0.1, -0.05) is 18.2 Å². The maximum Gasteiger partial charge on any atom is 0.122 e. The molecule has 2 rings (SSSR count). The van der Waals surface area contributed by atoms with E-state index in [1.54, 1.807) is 0 Å². The third kappa shape index (κ3) is 3.93. The molecule has 0 radical (unpaired) electrons. The van der Waals surface area contributed by atoms with Gasteiger partial charge in [-0.3, -0.25) is 0 Å². The molecule has 1 aromatic rings. The van der Waals surface area contributed by atoms with Crippen LogP contribution in [0, 0.1) is 0 Å². The second kappa shape index (κ2) is 6.92. The van der Waals surface area contributed by atoms with Crippen molar-refractivity contribution in [1.29, 1.82) is 0 Å². The molecule has 0 aromatic heterocycles. The Morgan fingerprint density at radius 2 is 2.06 bits per heavy atom. The average Bonchev–Trinajstić information content (AvgIpc) is 2.39.